The van der Waals surface area contributed by atoms with E-state index in [1.807, 2.05) is 0 Å². The molecule has 1 heterocycles. The monoisotopic (exact) mass is 276 g/mol. The summed E-state index contributed by atoms with van der Waals surface area (Å²) in [6, 6.07) is 0.428. The van der Waals surface area contributed by atoms with Gasteiger partial charge in [0, 0.05) is 12.5 Å². The van der Waals surface area contributed by atoms with Crippen molar-refractivity contribution in [1.29, 1.82) is 0 Å². The molecule has 0 aromatic carbocycles. The van der Waals surface area contributed by atoms with Gasteiger partial charge in [-0.25, -0.2) is 0 Å². The van der Waals surface area contributed by atoms with E-state index in [0.717, 1.165) is 50.1 Å². The van der Waals surface area contributed by atoms with Gasteiger partial charge in [-0.05, 0) is 87.6 Å². The Morgan fingerprint density at radius 2 is 1.55 bits per heavy atom. The molecule has 0 aromatic heterocycles. The first-order valence-electron chi connectivity index (χ1n) is 8.71. The lowest BCUT2D eigenvalue weighted by Crippen LogP contribution is -2.49. The zero-order valence-corrected chi connectivity index (χ0v) is 12.5. The molecule has 20 heavy (non-hydrogen) atoms. The van der Waals surface area contributed by atoms with Gasteiger partial charge >= 0.3 is 0 Å². The van der Waals surface area contributed by atoms with Crippen molar-refractivity contribution in [2.75, 3.05) is 13.1 Å². The normalized spacial score (nSPS) is 43.7. The Morgan fingerprint density at radius 3 is 2.10 bits per heavy atom. The first-order chi connectivity index (χ1) is 9.71. The number of piperidine rings is 1. The van der Waals surface area contributed by atoms with Crippen LogP contribution in [-0.4, -0.2) is 25.0 Å². The molecule has 0 radical (unpaired) electrons. The summed E-state index contributed by atoms with van der Waals surface area (Å²) in [6.45, 7) is 2.12. The molecule has 112 valence electrons. The zero-order chi connectivity index (χ0) is 13.6. The summed E-state index contributed by atoms with van der Waals surface area (Å²) in [5, 5.41) is 6.68. The molecule has 4 saturated carbocycles. The number of rotatable bonds is 3. The number of hydrogen-bond acceptors (Lipinski definition) is 2. The van der Waals surface area contributed by atoms with Gasteiger partial charge in [0.25, 0.3) is 0 Å². The molecule has 1 amide bonds. The first-order valence-corrected chi connectivity index (χ1v) is 8.71. The van der Waals surface area contributed by atoms with Crippen LogP contribution >= 0.6 is 0 Å². The van der Waals surface area contributed by atoms with E-state index in [9.17, 15) is 4.79 Å². The highest BCUT2D eigenvalue weighted by Crippen LogP contribution is 2.61. The molecule has 0 aromatic rings. The van der Waals surface area contributed by atoms with Crippen LogP contribution in [0.25, 0.3) is 0 Å². The van der Waals surface area contributed by atoms with E-state index in [1.165, 1.54) is 38.5 Å². The molecular weight excluding hydrogens is 248 g/mol. The maximum atomic E-state index is 12.5. The highest BCUT2D eigenvalue weighted by Gasteiger charge is 2.51. The average molecular weight is 276 g/mol. The predicted octanol–water partition coefficient (Wildman–Crippen LogP) is 2.46. The van der Waals surface area contributed by atoms with Crippen molar-refractivity contribution in [3.63, 3.8) is 0 Å². The van der Waals surface area contributed by atoms with Gasteiger partial charge in [0.2, 0.25) is 5.91 Å². The van der Waals surface area contributed by atoms with E-state index < -0.39 is 0 Å². The second-order valence-corrected chi connectivity index (χ2v) is 8.19. The maximum absolute atomic E-state index is 12.5. The summed E-state index contributed by atoms with van der Waals surface area (Å²) >= 11 is 0. The van der Waals surface area contributed by atoms with E-state index >= 15 is 0 Å². The highest BCUT2D eigenvalue weighted by atomic mass is 16.1. The molecule has 2 N–H and O–H groups in total. The summed E-state index contributed by atoms with van der Waals surface area (Å²) < 4.78 is 0. The van der Waals surface area contributed by atoms with Crippen LogP contribution in [0.1, 0.15) is 57.8 Å². The summed E-state index contributed by atoms with van der Waals surface area (Å²) in [6.07, 6.45) is 11.5. The number of carbonyl (C=O) groups is 1. The van der Waals surface area contributed by atoms with E-state index in [2.05, 4.69) is 10.6 Å². The third kappa shape index (κ3) is 2.49. The number of carbonyl (C=O) groups excluding carboxylic acids is 1. The van der Waals surface area contributed by atoms with E-state index in [-0.39, 0.29) is 0 Å². The molecule has 1 aliphatic heterocycles. The minimum absolute atomic E-state index is 0.346. The first kappa shape index (κ1) is 13.1. The average Bonchev–Trinajstić information content (AvgIpc) is 2.37. The van der Waals surface area contributed by atoms with Crippen LogP contribution in [0, 0.1) is 23.2 Å². The molecule has 3 heteroatoms. The van der Waals surface area contributed by atoms with Crippen molar-refractivity contribution in [1.82, 2.24) is 10.6 Å². The van der Waals surface area contributed by atoms with Gasteiger partial charge in [-0.1, -0.05) is 0 Å². The summed E-state index contributed by atoms with van der Waals surface area (Å²) in [4.78, 5) is 12.5. The Hall–Kier alpha value is -0.570. The largest absolute Gasteiger partial charge is 0.353 e. The van der Waals surface area contributed by atoms with E-state index in [1.54, 1.807) is 0 Å². The zero-order valence-electron chi connectivity index (χ0n) is 12.5. The van der Waals surface area contributed by atoms with Crippen LogP contribution in [-0.2, 0) is 4.79 Å². The van der Waals surface area contributed by atoms with Gasteiger partial charge in [-0.2, -0.15) is 0 Å². The van der Waals surface area contributed by atoms with Crippen molar-refractivity contribution in [2.24, 2.45) is 23.2 Å². The summed E-state index contributed by atoms with van der Waals surface area (Å²) in [5.74, 6) is 3.20. The van der Waals surface area contributed by atoms with Crippen LogP contribution in [0.2, 0.25) is 0 Å². The molecule has 3 nitrogen and oxygen atoms in total. The second kappa shape index (κ2) is 5.01. The Morgan fingerprint density at radius 1 is 1.00 bits per heavy atom. The Kier molecular flexibility index (Phi) is 3.29. The molecule has 1 saturated heterocycles. The van der Waals surface area contributed by atoms with Gasteiger partial charge in [0.05, 0.1) is 0 Å². The quantitative estimate of drug-likeness (QED) is 0.831. The van der Waals surface area contributed by atoms with Crippen LogP contribution < -0.4 is 10.6 Å². The fourth-order valence-corrected chi connectivity index (χ4v) is 6.09. The van der Waals surface area contributed by atoms with Gasteiger partial charge in [-0.3, -0.25) is 4.79 Å². The van der Waals surface area contributed by atoms with Gasteiger partial charge in [-0.15, -0.1) is 0 Å². The fourth-order valence-electron chi connectivity index (χ4n) is 6.09. The highest BCUT2D eigenvalue weighted by molar-refractivity contribution is 5.77. The lowest BCUT2D eigenvalue weighted by Gasteiger charge is -2.56. The number of amides is 1. The minimum atomic E-state index is 0.346. The lowest BCUT2D eigenvalue weighted by molar-refractivity contribution is -0.130. The molecule has 4 aliphatic carbocycles. The van der Waals surface area contributed by atoms with Gasteiger partial charge in [0.1, 0.15) is 0 Å². The smallest absolute Gasteiger partial charge is 0.220 e. The molecule has 5 aliphatic rings. The molecule has 4 bridgehead atoms. The van der Waals surface area contributed by atoms with Crippen LogP contribution in [0.5, 0.6) is 0 Å². The summed E-state index contributed by atoms with van der Waals surface area (Å²) in [5.41, 5.74) is 0.395. The Balaban J connectivity index is 1.37. The molecule has 5 rings (SSSR count). The standard InChI is InChI=1S/C17H28N2O/c20-16(19-15-1-3-18-4-2-15)11-17-8-12-5-13(9-17)7-14(6-12)10-17/h12-15,18H,1-11H2,(H,19,20). The predicted molar refractivity (Wildman–Crippen MR) is 79.3 cm³/mol. The van der Waals surface area contributed by atoms with Gasteiger partial charge in [0.15, 0.2) is 0 Å². The Labute approximate surface area is 122 Å². The van der Waals surface area contributed by atoms with Crippen LogP contribution in [0.4, 0.5) is 0 Å². The van der Waals surface area contributed by atoms with Crippen molar-refractivity contribution in [3.8, 4) is 0 Å². The van der Waals surface area contributed by atoms with E-state index in [4.69, 9.17) is 0 Å². The third-order valence-corrected chi connectivity index (χ3v) is 6.40. The van der Waals surface area contributed by atoms with E-state index in [0.29, 0.717) is 17.4 Å². The van der Waals surface area contributed by atoms with Crippen molar-refractivity contribution in [2.45, 2.75) is 63.8 Å². The van der Waals surface area contributed by atoms with Crippen molar-refractivity contribution >= 4 is 5.91 Å². The molecule has 5 fully saturated rings. The van der Waals surface area contributed by atoms with Crippen LogP contribution in [0.15, 0.2) is 0 Å². The fraction of sp³-hybridized carbons (Fsp3) is 0.941. The topological polar surface area (TPSA) is 41.1 Å². The van der Waals surface area contributed by atoms with Crippen LogP contribution in [0.3, 0.4) is 0 Å². The Bertz CT molecular complexity index is 351. The number of hydrogen-bond donors (Lipinski definition) is 2. The summed E-state index contributed by atoms with van der Waals surface area (Å²) in [7, 11) is 0. The van der Waals surface area contributed by atoms with Crippen molar-refractivity contribution in [3.05, 3.63) is 0 Å². The second-order valence-electron chi connectivity index (χ2n) is 8.19. The molecule has 0 unspecified atom stereocenters. The van der Waals surface area contributed by atoms with Crippen molar-refractivity contribution < 1.29 is 4.79 Å². The molecule has 0 spiro atoms. The van der Waals surface area contributed by atoms with Gasteiger partial charge < -0.3 is 10.6 Å². The number of nitrogens with one attached hydrogen (secondary N) is 2. The maximum Gasteiger partial charge on any atom is 0.220 e. The third-order valence-electron chi connectivity index (χ3n) is 6.40. The minimum Gasteiger partial charge on any atom is -0.353 e. The molecular formula is C17H28N2O. The lowest BCUT2D eigenvalue weighted by atomic mass is 9.49. The SMILES string of the molecule is O=C(CC12CC3CC(CC(C3)C1)C2)NC1CCNCC1. The molecule has 0 atom stereocenters.